The first kappa shape index (κ1) is 12.0. The van der Waals surface area contributed by atoms with Crippen LogP contribution < -0.4 is 5.32 Å². The van der Waals surface area contributed by atoms with E-state index in [1.165, 1.54) is 7.05 Å². The lowest BCUT2D eigenvalue weighted by Crippen LogP contribution is -2.23. The summed E-state index contributed by atoms with van der Waals surface area (Å²) in [7, 11) is 1.41. The Labute approximate surface area is 92.8 Å². The number of nitrogens with zero attached hydrogens (tertiary/aromatic N) is 2. The topological polar surface area (TPSA) is 87.8 Å². The molecule has 0 aliphatic carbocycles. The number of hydrogen-bond acceptors (Lipinski definition) is 3. The number of amides is 1. The van der Waals surface area contributed by atoms with Gasteiger partial charge in [0.05, 0.1) is 7.05 Å². The van der Waals surface area contributed by atoms with Crippen molar-refractivity contribution in [3.63, 3.8) is 0 Å². The first-order chi connectivity index (χ1) is 7.63. The summed E-state index contributed by atoms with van der Waals surface area (Å²) < 4.78 is 0. The van der Waals surface area contributed by atoms with Crippen molar-refractivity contribution in [2.75, 3.05) is 13.6 Å². The molecule has 0 atom stereocenters. The van der Waals surface area contributed by atoms with Crippen LogP contribution in [-0.2, 0) is 6.42 Å². The van der Waals surface area contributed by atoms with Gasteiger partial charge in [-0.1, -0.05) is 17.0 Å². The second kappa shape index (κ2) is 5.69. The van der Waals surface area contributed by atoms with Crippen LogP contribution in [0.4, 0.5) is 10.5 Å². The van der Waals surface area contributed by atoms with Crippen LogP contribution in [0.3, 0.4) is 0 Å². The maximum absolute atomic E-state index is 11.1. The van der Waals surface area contributed by atoms with Crippen molar-refractivity contribution in [2.24, 2.45) is 5.11 Å². The molecular formula is C10H13N3O3. The molecule has 0 aromatic heterocycles. The van der Waals surface area contributed by atoms with E-state index < -0.39 is 6.09 Å². The van der Waals surface area contributed by atoms with E-state index in [-0.39, 0.29) is 0 Å². The largest absolute Gasteiger partial charge is 0.594 e. The molecular weight excluding hydrogens is 210 g/mol. The first-order valence-corrected chi connectivity index (χ1v) is 4.76. The average molecular weight is 223 g/mol. The maximum atomic E-state index is 11.1. The summed E-state index contributed by atoms with van der Waals surface area (Å²) in [4.78, 5) is 10.7. The van der Waals surface area contributed by atoms with E-state index in [0.29, 0.717) is 23.5 Å². The molecule has 86 valence electrons. The van der Waals surface area contributed by atoms with Crippen molar-refractivity contribution in [3.05, 3.63) is 35.0 Å². The van der Waals surface area contributed by atoms with Gasteiger partial charge >= 0.3 is 6.09 Å². The minimum absolute atomic E-state index is 0.355. The molecule has 0 unspecified atom stereocenters. The third-order valence-electron chi connectivity index (χ3n) is 2.03. The number of rotatable bonds is 4. The van der Waals surface area contributed by atoms with Crippen LogP contribution in [0, 0.1) is 5.21 Å². The molecule has 1 aromatic rings. The molecule has 0 aliphatic heterocycles. The normalized spacial score (nSPS) is 11.2. The van der Waals surface area contributed by atoms with Crippen molar-refractivity contribution < 1.29 is 14.8 Å². The Kier molecular flexibility index (Phi) is 4.26. The third-order valence-corrected chi connectivity index (χ3v) is 2.03. The monoisotopic (exact) mass is 223 g/mol. The summed E-state index contributed by atoms with van der Waals surface area (Å²) in [6.45, 7) is 0.355. The average Bonchev–Trinajstić information content (AvgIpc) is 2.28. The molecule has 0 fully saturated rings. The lowest BCUT2D eigenvalue weighted by Gasteiger charge is -2.02. The van der Waals surface area contributed by atoms with Gasteiger partial charge in [-0.15, -0.1) is 0 Å². The Morgan fingerprint density at radius 2 is 2.12 bits per heavy atom. The van der Waals surface area contributed by atoms with Crippen molar-refractivity contribution in [1.29, 1.82) is 0 Å². The zero-order valence-electron chi connectivity index (χ0n) is 8.88. The first-order valence-electron chi connectivity index (χ1n) is 4.76. The standard InChI is InChI=1S/C10H13N3O3/c1-11-13(16)9-4-2-8(3-5-9)6-7-12-10(14)15/h2-5,12H,6-7H2,1H3,(H,14,15). The molecule has 1 amide bonds. The smallest absolute Gasteiger partial charge is 0.404 e. The fourth-order valence-electron chi connectivity index (χ4n) is 1.22. The van der Waals surface area contributed by atoms with Gasteiger partial charge in [0.25, 0.3) is 0 Å². The second-order valence-electron chi connectivity index (χ2n) is 3.12. The number of carbonyl (C=O) groups is 1. The lowest BCUT2D eigenvalue weighted by molar-refractivity contribution is -0.439. The molecule has 0 heterocycles. The van der Waals surface area contributed by atoms with Crippen molar-refractivity contribution in [2.45, 2.75) is 6.42 Å². The van der Waals surface area contributed by atoms with E-state index in [0.717, 1.165) is 5.56 Å². The van der Waals surface area contributed by atoms with Crippen LogP contribution in [-0.4, -0.2) is 29.7 Å². The molecule has 6 heteroatoms. The summed E-state index contributed by atoms with van der Waals surface area (Å²) in [5.41, 5.74) is 1.42. The van der Waals surface area contributed by atoms with Crippen molar-refractivity contribution in [3.8, 4) is 0 Å². The quantitative estimate of drug-likeness (QED) is 0.462. The maximum Gasteiger partial charge on any atom is 0.404 e. The Balaban J connectivity index is 2.55. The van der Waals surface area contributed by atoms with Gasteiger partial charge in [-0.3, -0.25) is 0 Å². The minimum atomic E-state index is -1.04. The van der Waals surface area contributed by atoms with Crippen LogP contribution in [0.5, 0.6) is 0 Å². The zero-order chi connectivity index (χ0) is 12.0. The van der Waals surface area contributed by atoms with E-state index in [2.05, 4.69) is 10.4 Å². The highest BCUT2D eigenvalue weighted by Gasteiger charge is 2.02. The van der Waals surface area contributed by atoms with E-state index in [1.54, 1.807) is 24.3 Å². The Hall–Kier alpha value is -2.11. The summed E-state index contributed by atoms with van der Waals surface area (Å²) in [6.07, 6.45) is -0.443. The number of carboxylic acid groups (broad SMARTS) is 1. The number of benzene rings is 1. The van der Waals surface area contributed by atoms with Crippen LogP contribution in [0.2, 0.25) is 0 Å². The van der Waals surface area contributed by atoms with Gasteiger partial charge in [-0.05, 0) is 17.1 Å². The molecule has 0 saturated carbocycles. The Morgan fingerprint density at radius 1 is 1.50 bits per heavy atom. The number of hydrogen-bond donors (Lipinski definition) is 2. The third kappa shape index (κ3) is 3.56. The molecule has 0 bridgehead atoms. The molecule has 6 nitrogen and oxygen atoms in total. The van der Waals surface area contributed by atoms with Gasteiger partial charge in [0.1, 0.15) is 0 Å². The molecule has 2 N–H and O–H groups in total. The molecule has 0 aliphatic rings. The van der Waals surface area contributed by atoms with Crippen LogP contribution in [0.25, 0.3) is 0 Å². The Bertz CT molecular complexity index is 387. The summed E-state index contributed by atoms with van der Waals surface area (Å²) >= 11 is 0. The van der Waals surface area contributed by atoms with Gasteiger partial charge in [0.15, 0.2) is 0 Å². The SMILES string of the molecule is CN=[N+]([O-])c1ccc(CCNC(=O)O)cc1. The van der Waals surface area contributed by atoms with Gasteiger partial charge < -0.3 is 15.6 Å². The highest BCUT2D eigenvalue weighted by molar-refractivity contribution is 5.64. The van der Waals surface area contributed by atoms with Crippen molar-refractivity contribution >= 4 is 11.8 Å². The predicted molar refractivity (Wildman–Crippen MR) is 57.8 cm³/mol. The summed E-state index contributed by atoms with van der Waals surface area (Å²) in [5.74, 6) is 0. The summed E-state index contributed by atoms with van der Waals surface area (Å²) in [6, 6.07) is 6.84. The number of azo groups is 1. The fourth-order valence-corrected chi connectivity index (χ4v) is 1.22. The Morgan fingerprint density at radius 3 is 2.62 bits per heavy atom. The van der Waals surface area contributed by atoms with Crippen molar-refractivity contribution in [1.82, 2.24) is 5.32 Å². The second-order valence-corrected chi connectivity index (χ2v) is 3.12. The highest BCUT2D eigenvalue weighted by Crippen LogP contribution is 2.12. The molecule has 1 aromatic carbocycles. The minimum Gasteiger partial charge on any atom is -0.594 e. The van der Waals surface area contributed by atoms with Gasteiger partial charge in [-0.25, -0.2) is 4.79 Å². The van der Waals surface area contributed by atoms with Gasteiger partial charge in [-0.2, -0.15) is 0 Å². The van der Waals surface area contributed by atoms with Crippen LogP contribution in [0.15, 0.2) is 29.4 Å². The van der Waals surface area contributed by atoms with E-state index in [4.69, 9.17) is 5.11 Å². The van der Waals surface area contributed by atoms with Gasteiger partial charge in [0.2, 0.25) is 5.69 Å². The molecule has 1 rings (SSSR count). The molecule has 16 heavy (non-hydrogen) atoms. The highest BCUT2D eigenvalue weighted by atomic mass is 16.5. The molecule has 0 radical (unpaired) electrons. The lowest BCUT2D eigenvalue weighted by atomic mass is 10.1. The van der Waals surface area contributed by atoms with Crippen LogP contribution in [0.1, 0.15) is 5.56 Å². The van der Waals surface area contributed by atoms with E-state index >= 15 is 0 Å². The zero-order valence-corrected chi connectivity index (χ0v) is 8.88. The number of nitrogens with one attached hydrogen (secondary N) is 1. The van der Waals surface area contributed by atoms with Gasteiger partial charge in [0, 0.05) is 18.7 Å². The van der Waals surface area contributed by atoms with E-state index in [9.17, 15) is 10.0 Å². The molecule has 0 spiro atoms. The van der Waals surface area contributed by atoms with E-state index in [1.807, 2.05) is 0 Å². The van der Waals surface area contributed by atoms with Crippen LogP contribution >= 0.6 is 0 Å². The predicted octanol–water partition coefficient (Wildman–Crippen LogP) is 1.72. The molecule has 0 saturated heterocycles. The fraction of sp³-hybridized carbons (Fsp3) is 0.300. The summed E-state index contributed by atoms with van der Waals surface area (Å²) in [5, 5.41) is 25.2.